The minimum atomic E-state index is -0.766. The first-order valence-electron chi connectivity index (χ1n) is 29.6. The van der Waals surface area contributed by atoms with Crippen molar-refractivity contribution in [2.45, 2.75) is 181 Å². The largest absolute Gasteiger partial charge is 0.491 e. The number of hydrogen-bond donors (Lipinski definition) is 0. The molecule has 0 heterocycles. The number of hydrogen-bond acceptors (Lipinski definition) is 10. The van der Waals surface area contributed by atoms with E-state index in [9.17, 15) is 28.0 Å². The summed E-state index contributed by atoms with van der Waals surface area (Å²) < 4.78 is 63.3. The van der Waals surface area contributed by atoms with Gasteiger partial charge in [0.1, 0.15) is 23.0 Å². The third-order valence-corrected chi connectivity index (χ3v) is 14.2. The monoisotopic (exact) mass is 1100 g/mol. The Morgan fingerprint density at radius 3 is 0.900 bits per heavy atom. The molecule has 6 rings (SSSR count). The lowest BCUT2D eigenvalue weighted by Gasteiger charge is -2.10. The minimum absolute atomic E-state index is 0.0152. The molecule has 0 N–H and O–H groups in total. The van der Waals surface area contributed by atoms with Crippen LogP contribution in [-0.2, 0) is 0 Å². The summed E-state index contributed by atoms with van der Waals surface area (Å²) in [7, 11) is 0. The molecule has 0 aliphatic rings. The van der Waals surface area contributed by atoms with Crippen LogP contribution in [0, 0.1) is 11.6 Å². The smallest absolute Gasteiger partial charge is 0.343 e. The van der Waals surface area contributed by atoms with E-state index in [1.165, 1.54) is 201 Å². The van der Waals surface area contributed by atoms with Gasteiger partial charge in [0.05, 0.1) is 35.5 Å². The highest BCUT2D eigenvalue weighted by molar-refractivity contribution is 5.95. The number of ether oxygens (including phenoxy) is 6. The van der Waals surface area contributed by atoms with Gasteiger partial charge in [-0.1, -0.05) is 180 Å². The number of fused-ring (bicyclic) bond motifs is 1. The van der Waals surface area contributed by atoms with Crippen molar-refractivity contribution >= 4 is 34.6 Å². The number of unbranched alkanes of at least 4 members (excludes halogenated alkanes) is 24. The molecule has 6 aromatic carbocycles. The fraction of sp³-hybridized carbons (Fsp3) is 0.441. The highest BCUT2D eigenvalue weighted by atomic mass is 19.1. The zero-order valence-corrected chi connectivity index (χ0v) is 47.2. The van der Waals surface area contributed by atoms with Crippen LogP contribution in [0.5, 0.6) is 34.5 Å². The summed E-state index contributed by atoms with van der Waals surface area (Å²) in [4.78, 5) is 52.1. The number of carbonyl (C=O) groups excluding carboxylic acids is 4. The van der Waals surface area contributed by atoms with Crippen molar-refractivity contribution in [3.8, 4) is 34.5 Å². The Bertz CT molecular complexity index is 2640. The Balaban J connectivity index is 0.872. The van der Waals surface area contributed by atoms with E-state index in [4.69, 9.17) is 28.4 Å². The highest BCUT2D eigenvalue weighted by Crippen LogP contribution is 2.28. The number of esters is 4. The molecule has 6 aromatic rings. The molecule has 0 amide bonds. The molecule has 0 aromatic heterocycles. The lowest BCUT2D eigenvalue weighted by molar-refractivity contribution is 0.0720. The number of carbonyl (C=O) groups is 4. The van der Waals surface area contributed by atoms with Crippen molar-refractivity contribution in [3.05, 3.63) is 155 Å². The summed E-state index contributed by atoms with van der Waals surface area (Å²) in [5.74, 6) is -3.23. The standard InChI is InChI=1S/C68H82F2O10/c1-3-5-7-9-11-13-15-17-19-21-23-25-27-45-75-63-43-35-54(49-61(63)69)67(73)77-57-37-31-52(32-38-57)65(71)79-59-41-29-51-30-42-60(48-56(51)47-59)80-66(72)53-33-39-58(40-34-53)78-68(74)55-36-44-64(62(70)50-55)76-46-28-26-24-22-20-18-16-14-12-10-8-6-4-2/h29-44,47-50H,3-28,45-46H2,1-2H3. The van der Waals surface area contributed by atoms with Gasteiger partial charge in [-0.05, 0) is 133 Å². The van der Waals surface area contributed by atoms with Gasteiger partial charge in [0.15, 0.2) is 23.1 Å². The van der Waals surface area contributed by atoms with Gasteiger partial charge in [-0.2, -0.15) is 0 Å². The Hall–Kier alpha value is -7.08. The maximum atomic E-state index is 14.9. The SMILES string of the molecule is CCCCCCCCCCCCCCCOc1ccc(C(=O)Oc2ccc(C(=O)Oc3ccc4ccc(OC(=O)c5ccc(OC(=O)c6ccc(OCCCCCCCCCCCCCCC)c(F)c6)cc5)cc4c3)cc2)cc1F. The van der Waals surface area contributed by atoms with Crippen LogP contribution in [0.2, 0.25) is 0 Å². The van der Waals surface area contributed by atoms with Gasteiger partial charge >= 0.3 is 23.9 Å². The van der Waals surface area contributed by atoms with Gasteiger partial charge in [0, 0.05) is 0 Å². The van der Waals surface area contributed by atoms with Crippen LogP contribution < -0.4 is 28.4 Å². The average molecular weight is 1100 g/mol. The molecule has 428 valence electrons. The van der Waals surface area contributed by atoms with Crippen molar-refractivity contribution in [1.29, 1.82) is 0 Å². The summed E-state index contributed by atoms with van der Waals surface area (Å²) >= 11 is 0. The van der Waals surface area contributed by atoms with E-state index in [0.717, 1.165) is 56.0 Å². The molecule has 0 saturated carbocycles. The molecular formula is C68H82F2O10. The number of rotatable bonds is 38. The van der Waals surface area contributed by atoms with Gasteiger partial charge < -0.3 is 28.4 Å². The second-order valence-electron chi connectivity index (χ2n) is 20.8. The molecule has 0 atom stereocenters. The van der Waals surface area contributed by atoms with Crippen LogP contribution in [-0.4, -0.2) is 37.1 Å². The molecule has 10 nitrogen and oxygen atoms in total. The Morgan fingerprint density at radius 1 is 0.300 bits per heavy atom. The normalized spacial score (nSPS) is 11.1. The van der Waals surface area contributed by atoms with E-state index < -0.39 is 35.5 Å². The third kappa shape index (κ3) is 22.2. The fourth-order valence-electron chi connectivity index (χ4n) is 9.41. The van der Waals surface area contributed by atoms with Crippen LogP contribution in [0.1, 0.15) is 222 Å². The first kappa shape index (κ1) is 62.1. The van der Waals surface area contributed by atoms with Crippen LogP contribution >= 0.6 is 0 Å². The van der Waals surface area contributed by atoms with E-state index >= 15 is 0 Å². The van der Waals surface area contributed by atoms with Crippen molar-refractivity contribution in [2.24, 2.45) is 0 Å². The zero-order chi connectivity index (χ0) is 56.6. The van der Waals surface area contributed by atoms with E-state index in [0.29, 0.717) is 18.6 Å². The first-order valence-corrected chi connectivity index (χ1v) is 29.6. The van der Waals surface area contributed by atoms with Gasteiger partial charge in [-0.25, -0.2) is 28.0 Å². The maximum Gasteiger partial charge on any atom is 0.343 e. The second kappa shape index (κ2) is 35.5. The van der Waals surface area contributed by atoms with Gasteiger partial charge in [-0.3, -0.25) is 0 Å². The molecule has 0 aliphatic heterocycles. The van der Waals surface area contributed by atoms with Crippen LogP contribution in [0.4, 0.5) is 8.78 Å². The zero-order valence-electron chi connectivity index (χ0n) is 47.2. The summed E-state index contributed by atoms with van der Waals surface area (Å²) in [5.41, 5.74) is 0.406. The molecule has 0 fully saturated rings. The van der Waals surface area contributed by atoms with E-state index in [-0.39, 0.29) is 56.8 Å². The second-order valence-corrected chi connectivity index (χ2v) is 20.8. The molecular weight excluding hydrogens is 1010 g/mol. The van der Waals surface area contributed by atoms with E-state index in [1.54, 1.807) is 36.4 Å². The molecule has 0 unspecified atom stereocenters. The molecule has 0 bridgehead atoms. The number of halogens is 2. The fourth-order valence-corrected chi connectivity index (χ4v) is 9.41. The van der Waals surface area contributed by atoms with Crippen LogP contribution in [0.3, 0.4) is 0 Å². The molecule has 0 radical (unpaired) electrons. The Kier molecular flexibility index (Phi) is 27.6. The van der Waals surface area contributed by atoms with Crippen molar-refractivity contribution in [3.63, 3.8) is 0 Å². The summed E-state index contributed by atoms with van der Waals surface area (Å²) in [6, 6.07) is 29.6. The van der Waals surface area contributed by atoms with Crippen molar-refractivity contribution in [1.82, 2.24) is 0 Å². The molecule has 0 spiro atoms. The average Bonchev–Trinajstić information content (AvgIpc) is 3.47. The molecule has 80 heavy (non-hydrogen) atoms. The summed E-state index contributed by atoms with van der Waals surface area (Å²) in [5, 5.41) is 1.42. The van der Waals surface area contributed by atoms with Crippen LogP contribution in [0.15, 0.2) is 121 Å². The Morgan fingerprint density at radius 2 is 0.575 bits per heavy atom. The first-order chi connectivity index (χ1) is 39.1. The van der Waals surface area contributed by atoms with E-state index in [1.807, 2.05) is 0 Å². The quantitative estimate of drug-likeness (QED) is 0.0210. The van der Waals surface area contributed by atoms with Crippen LogP contribution in [0.25, 0.3) is 10.8 Å². The lowest BCUT2D eigenvalue weighted by atomic mass is 10.0. The summed E-state index contributed by atoms with van der Waals surface area (Å²) in [6.07, 6.45) is 32.2. The Labute approximate surface area is 472 Å². The highest BCUT2D eigenvalue weighted by Gasteiger charge is 2.17. The molecule has 12 heteroatoms. The van der Waals surface area contributed by atoms with Gasteiger partial charge in [-0.15, -0.1) is 0 Å². The summed E-state index contributed by atoms with van der Waals surface area (Å²) in [6.45, 7) is 5.28. The number of benzene rings is 6. The van der Waals surface area contributed by atoms with Gasteiger partial charge in [0.2, 0.25) is 0 Å². The predicted octanol–water partition coefficient (Wildman–Crippen LogP) is 18.9. The molecule has 0 aliphatic carbocycles. The lowest BCUT2D eigenvalue weighted by Crippen LogP contribution is -2.11. The maximum absolute atomic E-state index is 14.9. The van der Waals surface area contributed by atoms with E-state index in [2.05, 4.69) is 13.8 Å². The van der Waals surface area contributed by atoms with Crippen molar-refractivity contribution < 1.29 is 56.4 Å². The predicted molar refractivity (Wildman–Crippen MR) is 312 cm³/mol. The van der Waals surface area contributed by atoms with Gasteiger partial charge in [0.25, 0.3) is 0 Å². The third-order valence-electron chi connectivity index (χ3n) is 14.2. The minimum Gasteiger partial charge on any atom is -0.491 e. The topological polar surface area (TPSA) is 124 Å². The molecule has 0 saturated heterocycles. The van der Waals surface area contributed by atoms with Crippen molar-refractivity contribution in [2.75, 3.05) is 13.2 Å².